The van der Waals surface area contributed by atoms with Crippen LogP contribution in [-0.4, -0.2) is 24.2 Å². The van der Waals surface area contributed by atoms with Crippen LogP contribution < -0.4 is 5.32 Å². The van der Waals surface area contributed by atoms with Crippen molar-refractivity contribution in [3.8, 4) is 6.07 Å². The van der Waals surface area contributed by atoms with Crippen molar-refractivity contribution >= 4 is 23.6 Å². The number of nitriles is 1. The molecule has 1 aliphatic heterocycles. The van der Waals surface area contributed by atoms with Gasteiger partial charge in [-0.05, 0) is 18.1 Å². The Morgan fingerprint density at radius 3 is 2.92 bits per heavy atom. The molecule has 1 aromatic rings. The molecule has 5 nitrogen and oxygen atoms in total. The number of nitrogens with one attached hydrogen (secondary N) is 1. The van der Waals surface area contributed by atoms with Gasteiger partial charge in [0.05, 0.1) is 29.0 Å². The Morgan fingerprint density at radius 1 is 1.48 bits per heavy atom. The standard InChI is InChI=1S/C18H19FN2O3S/c1-2-3-8-24-17(23)11-25-18-14(10-20)13(9-16(22)21-18)12-6-4-5-7-15(12)19/h4-7,13H,2-3,8-9,11H2,1H3,(H,21,22)/t13-/m0/s1. The van der Waals surface area contributed by atoms with Crippen LogP contribution in [0.1, 0.15) is 37.7 Å². The summed E-state index contributed by atoms with van der Waals surface area (Å²) in [4.78, 5) is 23.7. The van der Waals surface area contributed by atoms with Gasteiger partial charge < -0.3 is 10.1 Å². The molecule has 0 radical (unpaired) electrons. The van der Waals surface area contributed by atoms with Crippen molar-refractivity contribution in [3.63, 3.8) is 0 Å². The summed E-state index contributed by atoms with van der Waals surface area (Å²) in [6.45, 7) is 2.34. The Morgan fingerprint density at radius 2 is 2.24 bits per heavy atom. The minimum atomic E-state index is -0.654. The number of hydrogen-bond donors (Lipinski definition) is 1. The Kier molecular flexibility index (Phi) is 7.02. The molecule has 0 unspecified atom stereocenters. The number of unbranched alkanes of at least 4 members (excludes halogenated alkanes) is 1. The van der Waals surface area contributed by atoms with Crippen LogP contribution in [0.15, 0.2) is 34.9 Å². The van der Waals surface area contributed by atoms with Crippen LogP contribution in [0.25, 0.3) is 0 Å². The SMILES string of the molecule is CCCCOC(=O)CSC1=C(C#N)[C@H](c2ccccc2F)CC(=O)N1. The molecule has 1 N–H and O–H groups in total. The number of hydrogen-bond acceptors (Lipinski definition) is 5. The first kappa shape index (κ1) is 19.0. The lowest BCUT2D eigenvalue weighted by Gasteiger charge is -2.25. The van der Waals surface area contributed by atoms with E-state index in [1.165, 1.54) is 6.07 Å². The van der Waals surface area contributed by atoms with Crippen molar-refractivity contribution in [2.75, 3.05) is 12.4 Å². The summed E-state index contributed by atoms with van der Waals surface area (Å²) in [7, 11) is 0. The van der Waals surface area contributed by atoms with Crippen molar-refractivity contribution in [1.29, 1.82) is 5.26 Å². The summed E-state index contributed by atoms with van der Waals surface area (Å²) in [6, 6.07) is 8.14. The second-order valence-corrected chi connectivity index (χ2v) is 6.53. The van der Waals surface area contributed by atoms with Gasteiger partial charge in [-0.25, -0.2) is 4.39 Å². The van der Waals surface area contributed by atoms with Gasteiger partial charge in [0.15, 0.2) is 0 Å². The second kappa shape index (κ2) is 9.23. The van der Waals surface area contributed by atoms with Crippen molar-refractivity contribution in [1.82, 2.24) is 5.32 Å². The van der Waals surface area contributed by atoms with Crippen LogP contribution >= 0.6 is 11.8 Å². The predicted octanol–water partition coefficient (Wildman–Crippen LogP) is 3.24. The van der Waals surface area contributed by atoms with E-state index >= 15 is 0 Å². The number of allylic oxidation sites excluding steroid dienone is 1. The molecule has 0 saturated carbocycles. The van der Waals surface area contributed by atoms with Crippen LogP contribution in [0.4, 0.5) is 4.39 Å². The highest BCUT2D eigenvalue weighted by molar-refractivity contribution is 8.03. The van der Waals surface area contributed by atoms with Crippen LogP contribution in [0.2, 0.25) is 0 Å². The fourth-order valence-corrected chi connectivity index (χ4v) is 3.33. The highest BCUT2D eigenvalue weighted by Crippen LogP contribution is 2.36. The summed E-state index contributed by atoms with van der Waals surface area (Å²) in [5, 5.41) is 12.4. The van der Waals surface area contributed by atoms with Crippen LogP contribution in [0.3, 0.4) is 0 Å². The van der Waals surface area contributed by atoms with Crippen LogP contribution in [-0.2, 0) is 14.3 Å². The zero-order valence-corrected chi connectivity index (χ0v) is 14.7. The lowest BCUT2D eigenvalue weighted by atomic mass is 9.87. The molecule has 0 bridgehead atoms. The number of thioether (sulfide) groups is 1. The number of carbonyl (C=O) groups is 2. The molecule has 1 aliphatic rings. The number of ether oxygens (including phenoxy) is 1. The molecule has 25 heavy (non-hydrogen) atoms. The lowest BCUT2D eigenvalue weighted by Crippen LogP contribution is -2.31. The van der Waals surface area contributed by atoms with Gasteiger partial charge in [0.1, 0.15) is 5.82 Å². The molecular weight excluding hydrogens is 343 g/mol. The zero-order chi connectivity index (χ0) is 18.2. The van der Waals surface area contributed by atoms with Gasteiger partial charge in [0.2, 0.25) is 5.91 Å². The van der Waals surface area contributed by atoms with Gasteiger partial charge in [0.25, 0.3) is 0 Å². The van der Waals surface area contributed by atoms with E-state index in [1.54, 1.807) is 18.2 Å². The first-order valence-corrected chi connectivity index (χ1v) is 9.02. The van der Waals surface area contributed by atoms with Gasteiger partial charge >= 0.3 is 5.97 Å². The Hall–Kier alpha value is -2.33. The molecule has 0 aliphatic carbocycles. The summed E-state index contributed by atoms with van der Waals surface area (Å²) in [5.74, 6) is -1.86. The van der Waals surface area contributed by atoms with E-state index in [9.17, 15) is 19.2 Å². The average molecular weight is 362 g/mol. The van der Waals surface area contributed by atoms with Crippen molar-refractivity contribution < 1.29 is 18.7 Å². The average Bonchev–Trinajstić information content (AvgIpc) is 2.60. The third-order valence-electron chi connectivity index (χ3n) is 3.73. The maximum Gasteiger partial charge on any atom is 0.316 e. The van der Waals surface area contributed by atoms with E-state index in [1.807, 2.05) is 6.92 Å². The van der Waals surface area contributed by atoms with E-state index in [4.69, 9.17) is 4.74 Å². The van der Waals surface area contributed by atoms with Crippen molar-refractivity contribution in [2.24, 2.45) is 0 Å². The summed E-state index contributed by atoms with van der Waals surface area (Å²) >= 11 is 1.03. The molecule has 7 heteroatoms. The minimum Gasteiger partial charge on any atom is -0.465 e. The molecule has 1 aromatic carbocycles. The first-order chi connectivity index (χ1) is 12.1. The van der Waals surface area contributed by atoms with Gasteiger partial charge in [-0.15, -0.1) is 0 Å². The second-order valence-electron chi connectivity index (χ2n) is 5.54. The zero-order valence-electron chi connectivity index (χ0n) is 13.9. The lowest BCUT2D eigenvalue weighted by molar-refractivity contribution is -0.140. The topological polar surface area (TPSA) is 79.2 Å². The normalized spacial score (nSPS) is 17.0. The van der Waals surface area contributed by atoms with E-state index in [2.05, 4.69) is 11.4 Å². The fourth-order valence-electron chi connectivity index (χ4n) is 2.46. The maximum atomic E-state index is 14.1. The Balaban J connectivity index is 2.16. The van der Waals surface area contributed by atoms with Crippen LogP contribution in [0, 0.1) is 17.1 Å². The summed E-state index contributed by atoms with van der Waals surface area (Å²) < 4.78 is 19.1. The van der Waals surface area contributed by atoms with Crippen molar-refractivity contribution in [2.45, 2.75) is 32.1 Å². The number of esters is 1. The maximum absolute atomic E-state index is 14.1. The Bertz CT molecular complexity index is 727. The van der Waals surface area contributed by atoms with Gasteiger partial charge in [-0.3, -0.25) is 9.59 Å². The number of rotatable bonds is 7. The monoisotopic (exact) mass is 362 g/mol. The highest BCUT2D eigenvalue weighted by atomic mass is 32.2. The largest absolute Gasteiger partial charge is 0.465 e. The van der Waals surface area contributed by atoms with Gasteiger partial charge in [-0.1, -0.05) is 43.3 Å². The Labute approximate surface area is 150 Å². The van der Waals surface area contributed by atoms with Gasteiger partial charge in [0, 0.05) is 12.3 Å². The van der Waals surface area contributed by atoms with E-state index < -0.39 is 17.7 Å². The van der Waals surface area contributed by atoms with E-state index in [0.717, 1.165) is 24.6 Å². The molecule has 0 aromatic heterocycles. The van der Waals surface area contributed by atoms with Gasteiger partial charge in [-0.2, -0.15) is 5.26 Å². The number of amides is 1. The predicted molar refractivity (Wildman–Crippen MR) is 92.9 cm³/mol. The smallest absolute Gasteiger partial charge is 0.316 e. The number of halogens is 1. The molecule has 2 rings (SSSR count). The summed E-state index contributed by atoms with van der Waals surface area (Å²) in [5.41, 5.74) is 0.564. The van der Waals surface area contributed by atoms with Crippen molar-refractivity contribution in [3.05, 3.63) is 46.2 Å². The number of benzene rings is 1. The molecule has 1 atom stereocenters. The highest BCUT2D eigenvalue weighted by Gasteiger charge is 2.31. The van der Waals surface area contributed by atoms with Crippen LogP contribution in [0.5, 0.6) is 0 Å². The molecule has 0 fully saturated rings. The molecule has 132 valence electrons. The molecule has 1 heterocycles. The first-order valence-electron chi connectivity index (χ1n) is 8.03. The number of carbonyl (C=O) groups excluding carboxylic acids is 2. The number of nitrogens with zero attached hydrogens (tertiary/aromatic N) is 1. The summed E-state index contributed by atoms with van der Waals surface area (Å²) in [6.07, 6.45) is 1.70. The third-order valence-corrected chi connectivity index (χ3v) is 4.72. The third kappa shape index (κ3) is 5.07. The fraction of sp³-hybridized carbons (Fsp3) is 0.389. The molecule has 0 saturated heterocycles. The molecule has 1 amide bonds. The minimum absolute atomic E-state index is 0.00513. The molecular formula is C18H19FN2O3S. The van der Waals surface area contributed by atoms with E-state index in [-0.39, 0.29) is 23.7 Å². The molecule has 0 spiro atoms. The van der Waals surface area contributed by atoms with E-state index in [0.29, 0.717) is 17.2 Å². The quantitative estimate of drug-likeness (QED) is 0.595.